The molecule has 0 radical (unpaired) electrons. The highest BCUT2D eigenvalue weighted by Gasteiger charge is 1.96. The van der Waals surface area contributed by atoms with Gasteiger partial charge in [0.25, 0.3) is 0 Å². The summed E-state index contributed by atoms with van der Waals surface area (Å²) < 4.78 is 9.94. The van der Waals surface area contributed by atoms with Gasteiger partial charge in [-0.3, -0.25) is 0 Å². The van der Waals surface area contributed by atoms with Gasteiger partial charge in [0.05, 0.1) is 13.7 Å². The largest absolute Gasteiger partial charge is 0.481 e. The SMILES string of the molecule is COc1cccc(OCCO)n1. The predicted octanol–water partition coefficient (Wildman–Crippen LogP) is 0.461. The van der Waals surface area contributed by atoms with Crippen LogP contribution in [0.4, 0.5) is 0 Å². The molecule has 1 aromatic heterocycles. The van der Waals surface area contributed by atoms with E-state index in [1.165, 1.54) is 7.11 Å². The van der Waals surface area contributed by atoms with Crippen molar-refractivity contribution in [1.29, 1.82) is 0 Å². The molecule has 0 aliphatic carbocycles. The maximum Gasteiger partial charge on any atom is 0.216 e. The number of aliphatic hydroxyl groups is 1. The lowest BCUT2D eigenvalue weighted by Crippen LogP contribution is -2.03. The summed E-state index contributed by atoms with van der Waals surface area (Å²) in [5.74, 6) is 0.967. The van der Waals surface area contributed by atoms with Gasteiger partial charge in [0.2, 0.25) is 11.8 Å². The lowest BCUT2D eigenvalue weighted by atomic mass is 10.5. The lowest BCUT2D eigenvalue weighted by Gasteiger charge is -2.03. The Morgan fingerprint density at radius 1 is 1.42 bits per heavy atom. The van der Waals surface area contributed by atoms with Crippen LogP contribution in [-0.2, 0) is 0 Å². The fourth-order valence-electron chi connectivity index (χ4n) is 0.740. The van der Waals surface area contributed by atoms with E-state index in [-0.39, 0.29) is 13.2 Å². The molecule has 1 rings (SSSR count). The number of nitrogens with zero attached hydrogens (tertiary/aromatic N) is 1. The fourth-order valence-corrected chi connectivity index (χ4v) is 0.740. The zero-order valence-corrected chi connectivity index (χ0v) is 6.86. The van der Waals surface area contributed by atoms with Crippen molar-refractivity contribution in [2.45, 2.75) is 0 Å². The molecule has 0 aliphatic rings. The number of rotatable bonds is 4. The van der Waals surface area contributed by atoms with Crippen molar-refractivity contribution in [3.05, 3.63) is 18.2 Å². The van der Waals surface area contributed by atoms with E-state index in [9.17, 15) is 0 Å². The van der Waals surface area contributed by atoms with Gasteiger partial charge in [0, 0.05) is 12.1 Å². The molecule has 1 N–H and O–H groups in total. The van der Waals surface area contributed by atoms with Gasteiger partial charge < -0.3 is 14.6 Å². The average Bonchev–Trinajstić information content (AvgIpc) is 2.15. The molecule has 0 atom stereocenters. The number of pyridine rings is 1. The topological polar surface area (TPSA) is 51.6 Å². The van der Waals surface area contributed by atoms with Crippen LogP contribution in [-0.4, -0.2) is 30.4 Å². The van der Waals surface area contributed by atoms with E-state index in [4.69, 9.17) is 14.6 Å². The first-order chi connectivity index (χ1) is 5.86. The molecule has 12 heavy (non-hydrogen) atoms. The number of aliphatic hydroxyl groups excluding tert-OH is 1. The third-order valence-corrected chi connectivity index (χ3v) is 1.25. The third-order valence-electron chi connectivity index (χ3n) is 1.25. The van der Waals surface area contributed by atoms with Crippen LogP contribution in [0.5, 0.6) is 11.8 Å². The molecule has 0 fully saturated rings. The number of ether oxygens (including phenoxy) is 2. The van der Waals surface area contributed by atoms with E-state index in [1.807, 2.05) is 0 Å². The maximum absolute atomic E-state index is 8.47. The van der Waals surface area contributed by atoms with E-state index in [2.05, 4.69) is 4.98 Å². The summed E-state index contributed by atoms with van der Waals surface area (Å²) in [5.41, 5.74) is 0. The molecule has 0 bridgehead atoms. The summed E-state index contributed by atoms with van der Waals surface area (Å²) in [6, 6.07) is 5.21. The van der Waals surface area contributed by atoms with Crippen molar-refractivity contribution < 1.29 is 14.6 Å². The van der Waals surface area contributed by atoms with Gasteiger partial charge in [-0.1, -0.05) is 6.07 Å². The van der Waals surface area contributed by atoms with Crippen LogP contribution in [0.2, 0.25) is 0 Å². The van der Waals surface area contributed by atoms with E-state index in [0.717, 1.165) is 0 Å². The van der Waals surface area contributed by atoms with Gasteiger partial charge in [0.1, 0.15) is 6.61 Å². The Morgan fingerprint density at radius 2 is 2.17 bits per heavy atom. The second kappa shape index (κ2) is 4.56. The van der Waals surface area contributed by atoms with Crippen LogP contribution in [0.15, 0.2) is 18.2 Å². The van der Waals surface area contributed by atoms with Crippen molar-refractivity contribution >= 4 is 0 Å². The first-order valence-electron chi connectivity index (χ1n) is 3.61. The summed E-state index contributed by atoms with van der Waals surface area (Å²) in [4.78, 5) is 3.97. The Balaban J connectivity index is 2.60. The highest BCUT2D eigenvalue weighted by atomic mass is 16.5. The molecule has 0 unspecified atom stereocenters. The normalized spacial score (nSPS) is 9.50. The van der Waals surface area contributed by atoms with E-state index in [0.29, 0.717) is 11.8 Å². The molecule has 4 heteroatoms. The molecule has 0 saturated heterocycles. The minimum Gasteiger partial charge on any atom is -0.481 e. The van der Waals surface area contributed by atoms with Crippen LogP contribution < -0.4 is 9.47 Å². The molecule has 1 heterocycles. The molecule has 66 valence electrons. The van der Waals surface area contributed by atoms with Crippen LogP contribution in [0, 0.1) is 0 Å². The molecule has 0 aromatic carbocycles. The minimum atomic E-state index is -0.0150. The molecule has 0 amide bonds. The van der Waals surface area contributed by atoms with Crippen LogP contribution >= 0.6 is 0 Å². The monoisotopic (exact) mass is 169 g/mol. The number of hydrogen-bond donors (Lipinski definition) is 1. The maximum atomic E-state index is 8.47. The van der Waals surface area contributed by atoms with Gasteiger partial charge in [-0.25, -0.2) is 0 Å². The zero-order chi connectivity index (χ0) is 8.81. The van der Waals surface area contributed by atoms with E-state index in [1.54, 1.807) is 18.2 Å². The molecule has 0 saturated carbocycles. The van der Waals surface area contributed by atoms with Crippen molar-refractivity contribution in [1.82, 2.24) is 4.98 Å². The van der Waals surface area contributed by atoms with Crippen LogP contribution in [0.3, 0.4) is 0 Å². The van der Waals surface area contributed by atoms with Crippen molar-refractivity contribution in [2.24, 2.45) is 0 Å². The summed E-state index contributed by atoms with van der Waals surface area (Å²) >= 11 is 0. The first kappa shape index (κ1) is 8.80. The average molecular weight is 169 g/mol. The standard InChI is InChI=1S/C8H11NO3/c1-11-7-3-2-4-8(9-7)12-6-5-10/h2-4,10H,5-6H2,1H3. The van der Waals surface area contributed by atoms with Crippen molar-refractivity contribution in [2.75, 3.05) is 20.3 Å². The summed E-state index contributed by atoms with van der Waals surface area (Å²) in [6.45, 7) is 0.235. The fraction of sp³-hybridized carbons (Fsp3) is 0.375. The van der Waals surface area contributed by atoms with E-state index >= 15 is 0 Å². The van der Waals surface area contributed by atoms with Gasteiger partial charge in [-0.15, -0.1) is 0 Å². The molecule has 4 nitrogen and oxygen atoms in total. The zero-order valence-electron chi connectivity index (χ0n) is 6.86. The summed E-state index contributed by atoms with van der Waals surface area (Å²) in [5, 5.41) is 8.47. The quantitative estimate of drug-likeness (QED) is 0.711. The number of hydrogen-bond acceptors (Lipinski definition) is 4. The predicted molar refractivity (Wildman–Crippen MR) is 43.4 cm³/mol. The Kier molecular flexibility index (Phi) is 3.35. The number of aromatic nitrogens is 1. The Bertz CT molecular complexity index is 239. The Morgan fingerprint density at radius 3 is 2.83 bits per heavy atom. The van der Waals surface area contributed by atoms with Crippen molar-refractivity contribution in [3.8, 4) is 11.8 Å². The summed E-state index contributed by atoms with van der Waals surface area (Å²) in [7, 11) is 1.54. The highest BCUT2D eigenvalue weighted by Crippen LogP contribution is 2.12. The van der Waals surface area contributed by atoms with E-state index < -0.39 is 0 Å². The molecular formula is C8H11NO3. The first-order valence-corrected chi connectivity index (χ1v) is 3.61. The van der Waals surface area contributed by atoms with Crippen molar-refractivity contribution in [3.63, 3.8) is 0 Å². The van der Waals surface area contributed by atoms with Gasteiger partial charge in [0.15, 0.2) is 0 Å². The minimum absolute atomic E-state index is 0.0150. The molecule has 1 aromatic rings. The van der Waals surface area contributed by atoms with Gasteiger partial charge in [-0.05, 0) is 0 Å². The molecule has 0 spiro atoms. The Hall–Kier alpha value is -1.29. The molecular weight excluding hydrogens is 158 g/mol. The number of methoxy groups -OCH3 is 1. The van der Waals surface area contributed by atoms with Crippen LogP contribution in [0.25, 0.3) is 0 Å². The Labute approximate surface area is 70.8 Å². The van der Waals surface area contributed by atoms with Gasteiger partial charge in [-0.2, -0.15) is 4.98 Å². The second-order valence-corrected chi connectivity index (χ2v) is 2.09. The van der Waals surface area contributed by atoms with Gasteiger partial charge >= 0.3 is 0 Å². The smallest absolute Gasteiger partial charge is 0.216 e. The molecule has 0 aliphatic heterocycles. The lowest BCUT2D eigenvalue weighted by molar-refractivity contribution is 0.195. The third kappa shape index (κ3) is 2.39. The highest BCUT2D eigenvalue weighted by molar-refractivity contribution is 5.19. The second-order valence-electron chi connectivity index (χ2n) is 2.09. The van der Waals surface area contributed by atoms with Crippen LogP contribution in [0.1, 0.15) is 0 Å². The summed E-state index contributed by atoms with van der Waals surface area (Å²) in [6.07, 6.45) is 0.